The molecule has 0 bridgehead atoms. The van der Waals surface area contributed by atoms with Crippen LogP contribution in [0.4, 0.5) is 0 Å². The van der Waals surface area contributed by atoms with E-state index in [1.165, 1.54) is 5.56 Å². The Morgan fingerprint density at radius 2 is 1.81 bits per heavy atom. The molecular formula is C22H23N3O2. The highest BCUT2D eigenvalue weighted by atomic mass is 16.5. The van der Waals surface area contributed by atoms with E-state index in [9.17, 15) is 4.79 Å². The number of hydrogen-bond donors (Lipinski definition) is 0. The molecule has 0 fully saturated rings. The molecule has 0 aliphatic carbocycles. The summed E-state index contributed by atoms with van der Waals surface area (Å²) < 4.78 is 7.08. The molecule has 0 amide bonds. The zero-order chi connectivity index (χ0) is 18.6. The highest BCUT2D eigenvalue weighted by molar-refractivity contribution is 5.33. The van der Waals surface area contributed by atoms with Gasteiger partial charge in [0.1, 0.15) is 5.75 Å². The van der Waals surface area contributed by atoms with E-state index in [2.05, 4.69) is 34.1 Å². The Bertz CT molecular complexity index is 982. The van der Waals surface area contributed by atoms with Gasteiger partial charge in [-0.3, -0.25) is 14.3 Å². The maximum atomic E-state index is 12.9. The molecule has 5 heteroatoms. The Balaban J connectivity index is 1.54. The molecule has 2 heterocycles. The van der Waals surface area contributed by atoms with Gasteiger partial charge in [-0.2, -0.15) is 0 Å². The van der Waals surface area contributed by atoms with E-state index in [0.29, 0.717) is 6.54 Å². The predicted octanol–water partition coefficient (Wildman–Crippen LogP) is 2.86. The average Bonchev–Trinajstić information content (AvgIpc) is 2.71. The summed E-state index contributed by atoms with van der Waals surface area (Å²) in [5.74, 6) is 0.788. The van der Waals surface area contributed by atoms with E-state index in [0.717, 1.165) is 48.6 Å². The summed E-state index contributed by atoms with van der Waals surface area (Å²) in [6.07, 6.45) is 2.40. The van der Waals surface area contributed by atoms with Crippen LogP contribution >= 0.6 is 0 Å². The van der Waals surface area contributed by atoms with Gasteiger partial charge in [0.2, 0.25) is 0 Å². The molecule has 1 aliphatic heterocycles. The van der Waals surface area contributed by atoms with Crippen molar-refractivity contribution in [1.29, 1.82) is 0 Å². The fourth-order valence-corrected chi connectivity index (χ4v) is 3.62. The van der Waals surface area contributed by atoms with Gasteiger partial charge in [-0.1, -0.05) is 48.5 Å². The minimum absolute atomic E-state index is 0.0604. The second-order valence-electron chi connectivity index (χ2n) is 6.86. The topological polar surface area (TPSA) is 47.4 Å². The van der Waals surface area contributed by atoms with E-state index < -0.39 is 0 Å². The summed E-state index contributed by atoms with van der Waals surface area (Å²) >= 11 is 0. The number of para-hydroxylation sites is 1. The Kier molecular flexibility index (Phi) is 5.03. The summed E-state index contributed by atoms with van der Waals surface area (Å²) in [6.45, 7) is 2.94. The van der Waals surface area contributed by atoms with Gasteiger partial charge >= 0.3 is 0 Å². The molecule has 5 nitrogen and oxygen atoms in total. The first-order chi connectivity index (χ1) is 13.2. The second kappa shape index (κ2) is 7.76. The van der Waals surface area contributed by atoms with Gasteiger partial charge in [-0.25, -0.2) is 4.98 Å². The molecule has 0 saturated carbocycles. The largest absolute Gasteiger partial charge is 0.496 e. The van der Waals surface area contributed by atoms with Crippen molar-refractivity contribution in [2.45, 2.75) is 26.1 Å². The monoisotopic (exact) mass is 361 g/mol. The van der Waals surface area contributed by atoms with Crippen molar-refractivity contribution < 1.29 is 4.74 Å². The average molecular weight is 361 g/mol. The van der Waals surface area contributed by atoms with Crippen LogP contribution in [-0.4, -0.2) is 28.1 Å². The third-order valence-electron chi connectivity index (χ3n) is 5.05. The summed E-state index contributed by atoms with van der Waals surface area (Å²) in [5.41, 5.74) is 4.07. The first-order valence-electron chi connectivity index (χ1n) is 9.20. The third kappa shape index (κ3) is 3.78. The molecule has 1 aliphatic rings. The van der Waals surface area contributed by atoms with Crippen molar-refractivity contribution in [3.63, 3.8) is 0 Å². The van der Waals surface area contributed by atoms with Crippen molar-refractivity contribution in [3.05, 3.63) is 93.7 Å². The van der Waals surface area contributed by atoms with E-state index in [1.807, 2.05) is 30.3 Å². The minimum atomic E-state index is 0.0604. The van der Waals surface area contributed by atoms with Gasteiger partial charge in [0.25, 0.3) is 5.56 Å². The van der Waals surface area contributed by atoms with Crippen molar-refractivity contribution in [3.8, 4) is 5.75 Å². The van der Waals surface area contributed by atoms with Crippen LogP contribution in [0.25, 0.3) is 0 Å². The number of nitrogens with zero attached hydrogens (tertiary/aromatic N) is 3. The number of rotatable bonds is 5. The molecule has 0 spiro atoms. The number of ether oxygens (including phenoxy) is 1. The molecule has 0 radical (unpaired) electrons. The van der Waals surface area contributed by atoms with Crippen LogP contribution in [-0.2, 0) is 26.1 Å². The van der Waals surface area contributed by atoms with E-state index in [1.54, 1.807) is 18.0 Å². The molecule has 1 aromatic heterocycles. The maximum Gasteiger partial charge on any atom is 0.257 e. The number of benzene rings is 2. The molecule has 3 aromatic rings. The zero-order valence-electron chi connectivity index (χ0n) is 15.5. The van der Waals surface area contributed by atoms with E-state index >= 15 is 0 Å². The normalized spacial score (nSPS) is 14.0. The molecular weight excluding hydrogens is 338 g/mol. The Hall–Kier alpha value is -2.92. The molecule has 0 atom stereocenters. The molecule has 0 unspecified atom stereocenters. The SMILES string of the molecule is COc1ccccc1Cn1cnc2c(c1=O)CCN(Cc1ccccc1)C2. The smallest absolute Gasteiger partial charge is 0.257 e. The lowest BCUT2D eigenvalue weighted by atomic mass is 10.1. The molecule has 27 heavy (non-hydrogen) atoms. The number of aromatic nitrogens is 2. The molecule has 4 rings (SSSR count). The second-order valence-corrected chi connectivity index (χ2v) is 6.86. The molecule has 2 aromatic carbocycles. The van der Waals surface area contributed by atoms with Crippen molar-refractivity contribution in [2.75, 3.05) is 13.7 Å². The highest BCUT2D eigenvalue weighted by Gasteiger charge is 2.21. The number of fused-ring (bicyclic) bond motifs is 1. The van der Waals surface area contributed by atoms with Gasteiger partial charge in [-0.15, -0.1) is 0 Å². The minimum Gasteiger partial charge on any atom is -0.496 e. The standard InChI is InChI=1S/C22H23N3O2/c1-27-21-10-6-5-9-18(21)14-25-16-23-20-15-24(12-11-19(20)22(25)26)13-17-7-3-2-4-8-17/h2-10,16H,11-15H2,1H3. The van der Waals surface area contributed by atoms with Crippen LogP contribution in [0.15, 0.2) is 65.7 Å². The lowest BCUT2D eigenvalue weighted by Crippen LogP contribution is -2.37. The summed E-state index contributed by atoms with van der Waals surface area (Å²) in [4.78, 5) is 19.9. The molecule has 0 saturated heterocycles. The van der Waals surface area contributed by atoms with Gasteiger partial charge in [-0.05, 0) is 18.1 Å². The summed E-state index contributed by atoms with van der Waals surface area (Å²) in [5, 5.41) is 0. The quantitative estimate of drug-likeness (QED) is 0.701. The fraction of sp³-hybridized carbons (Fsp3) is 0.273. The van der Waals surface area contributed by atoms with E-state index in [-0.39, 0.29) is 5.56 Å². The van der Waals surface area contributed by atoms with E-state index in [4.69, 9.17) is 4.74 Å². The Morgan fingerprint density at radius 1 is 1.04 bits per heavy atom. The van der Waals surface area contributed by atoms with Gasteiger partial charge in [0.05, 0.1) is 25.7 Å². The lowest BCUT2D eigenvalue weighted by Gasteiger charge is -2.28. The number of methoxy groups -OCH3 is 1. The first-order valence-corrected chi connectivity index (χ1v) is 9.20. The van der Waals surface area contributed by atoms with Crippen molar-refractivity contribution >= 4 is 0 Å². The van der Waals surface area contributed by atoms with Gasteiger partial charge < -0.3 is 4.74 Å². The molecule has 0 N–H and O–H groups in total. The van der Waals surface area contributed by atoms with Crippen LogP contribution in [0.1, 0.15) is 22.4 Å². The highest BCUT2D eigenvalue weighted by Crippen LogP contribution is 2.19. The first kappa shape index (κ1) is 17.5. The summed E-state index contributed by atoms with van der Waals surface area (Å²) in [7, 11) is 1.65. The van der Waals surface area contributed by atoms with Gasteiger partial charge in [0.15, 0.2) is 0 Å². The van der Waals surface area contributed by atoms with Crippen LogP contribution in [0.5, 0.6) is 5.75 Å². The maximum absolute atomic E-state index is 12.9. The van der Waals surface area contributed by atoms with Crippen LogP contribution in [0.3, 0.4) is 0 Å². The van der Waals surface area contributed by atoms with Crippen LogP contribution in [0.2, 0.25) is 0 Å². The zero-order valence-corrected chi connectivity index (χ0v) is 15.5. The Labute approximate surface area is 158 Å². The molecule has 138 valence electrons. The summed E-state index contributed by atoms with van der Waals surface area (Å²) in [6, 6.07) is 18.2. The third-order valence-corrected chi connectivity index (χ3v) is 5.05. The van der Waals surface area contributed by atoms with Crippen molar-refractivity contribution in [2.24, 2.45) is 0 Å². The van der Waals surface area contributed by atoms with Crippen molar-refractivity contribution in [1.82, 2.24) is 14.5 Å². The predicted molar refractivity (Wildman–Crippen MR) is 105 cm³/mol. The van der Waals surface area contributed by atoms with Gasteiger partial charge in [0, 0.05) is 30.8 Å². The van der Waals surface area contributed by atoms with Crippen LogP contribution < -0.4 is 10.3 Å². The van der Waals surface area contributed by atoms with Crippen LogP contribution in [0, 0.1) is 0 Å². The fourth-order valence-electron chi connectivity index (χ4n) is 3.62. The Morgan fingerprint density at radius 3 is 2.63 bits per heavy atom. The number of hydrogen-bond acceptors (Lipinski definition) is 4. The lowest BCUT2D eigenvalue weighted by molar-refractivity contribution is 0.239.